The van der Waals surface area contributed by atoms with E-state index in [1.54, 1.807) is 6.92 Å². The van der Waals surface area contributed by atoms with Gasteiger partial charge < -0.3 is 15.0 Å². The topological polar surface area (TPSA) is 84.2 Å². The third-order valence-corrected chi connectivity index (χ3v) is 2.03. The number of amides is 1. The number of carboxylic acid groups (broad SMARTS) is 1. The Morgan fingerprint density at radius 2 is 2.19 bits per heavy atom. The van der Waals surface area contributed by atoms with Gasteiger partial charge in [-0.1, -0.05) is 0 Å². The van der Waals surface area contributed by atoms with Gasteiger partial charge in [0.25, 0.3) is 0 Å². The van der Waals surface area contributed by atoms with Crippen LogP contribution in [0.1, 0.15) is 30.2 Å². The van der Waals surface area contributed by atoms with Gasteiger partial charge >= 0.3 is 5.97 Å². The van der Waals surface area contributed by atoms with Gasteiger partial charge in [0.15, 0.2) is 0 Å². The minimum atomic E-state index is -1.09. The van der Waals surface area contributed by atoms with Gasteiger partial charge in [-0.05, 0) is 20.8 Å². The molecule has 0 atom stereocenters. The van der Waals surface area contributed by atoms with Crippen molar-refractivity contribution in [2.75, 3.05) is 0 Å². The Hall–Kier alpha value is -1.85. The highest BCUT2D eigenvalue weighted by Crippen LogP contribution is 2.04. The molecule has 6 nitrogen and oxygen atoms in total. The molecule has 0 aliphatic rings. The highest BCUT2D eigenvalue weighted by molar-refractivity contribution is 5.86. The number of aromatic carboxylic acids is 1. The molecule has 1 aromatic rings. The summed E-state index contributed by atoms with van der Waals surface area (Å²) in [4.78, 5) is 26.2. The summed E-state index contributed by atoms with van der Waals surface area (Å²) >= 11 is 0. The molecular formula is C10H15N3O3. The van der Waals surface area contributed by atoms with Gasteiger partial charge in [0.1, 0.15) is 18.1 Å². The van der Waals surface area contributed by atoms with E-state index in [1.165, 1.54) is 10.8 Å². The predicted octanol–water partition coefficient (Wildman–Crippen LogP) is 0.414. The number of hydrogen-bond donors (Lipinski definition) is 2. The summed E-state index contributed by atoms with van der Waals surface area (Å²) in [7, 11) is 0. The van der Waals surface area contributed by atoms with Crippen LogP contribution in [0.5, 0.6) is 0 Å². The maximum Gasteiger partial charge on any atom is 0.354 e. The largest absolute Gasteiger partial charge is 0.477 e. The van der Waals surface area contributed by atoms with Gasteiger partial charge in [0.05, 0.1) is 6.20 Å². The van der Waals surface area contributed by atoms with Crippen molar-refractivity contribution >= 4 is 11.9 Å². The molecule has 0 unspecified atom stereocenters. The average Bonchev–Trinajstić information content (AvgIpc) is 2.46. The lowest BCUT2D eigenvalue weighted by atomic mass is 10.3. The Morgan fingerprint density at radius 3 is 2.69 bits per heavy atom. The maximum atomic E-state index is 11.5. The van der Waals surface area contributed by atoms with Crippen LogP contribution in [0.2, 0.25) is 0 Å². The molecule has 16 heavy (non-hydrogen) atoms. The van der Waals surface area contributed by atoms with Crippen LogP contribution in [0.4, 0.5) is 0 Å². The molecule has 0 aliphatic heterocycles. The third kappa shape index (κ3) is 2.82. The summed E-state index contributed by atoms with van der Waals surface area (Å²) in [6.07, 6.45) is 1.25. The van der Waals surface area contributed by atoms with Gasteiger partial charge in [0.2, 0.25) is 5.91 Å². The highest BCUT2D eigenvalue weighted by Gasteiger charge is 2.15. The molecule has 0 bridgehead atoms. The number of aryl methyl sites for hydroxylation is 1. The Labute approximate surface area is 93.3 Å². The minimum absolute atomic E-state index is 0.0222. The first-order chi connectivity index (χ1) is 7.41. The molecule has 0 saturated carbocycles. The van der Waals surface area contributed by atoms with Gasteiger partial charge in [-0.3, -0.25) is 4.79 Å². The molecule has 1 aromatic heterocycles. The zero-order valence-corrected chi connectivity index (χ0v) is 9.52. The summed E-state index contributed by atoms with van der Waals surface area (Å²) in [5.74, 6) is -0.798. The molecular weight excluding hydrogens is 210 g/mol. The number of nitrogens with zero attached hydrogens (tertiary/aromatic N) is 2. The molecule has 0 spiro atoms. The SMILES string of the molecule is Cc1ncc(C(=O)O)n1CC(=O)NC(C)C. The first kappa shape index (κ1) is 12.2. The molecule has 1 rings (SSSR count). The lowest BCUT2D eigenvalue weighted by Gasteiger charge is -2.10. The van der Waals surface area contributed by atoms with E-state index in [0.717, 1.165) is 0 Å². The normalized spacial score (nSPS) is 10.5. The first-order valence-corrected chi connectivity index (χ1v) is 4.96. The molecule has 1 amide bonds. The Kier molecular flexibility index (Phi) is 3.65. The quantitative estimate of drug-likeness (QED) is 0.777. The number of rotatable bonds is 4. The van der Waals surface area contributed by atoms with E-state index in [2.05, 4.69) is 10.3 Å². The number of carbonyl (C=O) groups excluding carboxylic acids is 1. The van der Waals surface area contributed by atoms with E-state index < -0.39 is 5.97 Å². The van der Waals surface area contributed by atoms with Crippen molar-refractivity contribution in [1.82, 2.24) is 14.9 Å². The molecule has 1 heterocycles. The minimum Gasteiger partial charge on any atom is -0.477 e. The van der Waals surface area contributed by atoms with E-state index in [9.17, 15) is 9.59 Å². The predicted molar refractivity (Wildman–Crippen MR) is 57.2 cm³/mol. The molecule has 0 radical (unpaired) electrons. The summed E-state index contributed by atoms with van der Waals surface area (Å²) in [5, 5.41) is 11.6. The Morgan fingerprint density at radius 1 is 1.56 bits per heavy atom. The lowest BCUT2D eigenvalue weighted by molar-refractivity contribution is -0.122. The fourth-order valence-electron chi connectivity index (χ4n) is 1.35. The number of nitrogens with one attached hydrogen (secondary N) is 1. The number of hydrogen-bond acceptors (Lipinski definition) is 3. The summed E-state index contributed by atoms with van der Waals surface area (Å²) < 4.78 is 1.38. The van der Waals surface area contributed by atoms with Crippen molar-refractivity contribution in [1.29, 1.82) is 0 Å². The summed E-state index contributed by atoms with van der Waals surface area (Å²) in [6.45, 7) is 5.33. The smallest absolute Gasteiger partial charge is 0.354 e. The Balaban J connectivity index is 2.84. The average molecular weight is 225 g/mol. The van der Waals surface area contributed by atoms with Crippen molar-refractivity contribution in [2.45, 2.75) is 33.4 Å². The van der Waals surface area contributed by atoms with E-state index in [1.807, 2.05) is 13.8 Å². The number of carboxylic acids is 1. The number of imidazole rings is 1. The fraction of sp³-hybridized carbons (Fsp3) is 0.500. The lowest BCUT2D eigenvalue weighted by Crippen LogP contribution is -2.34. The monoisotopic (exact) mass is 225 g/mol. The molecule has 0 fully saturated rings. The first-order valence-electron chi connectivity index (χ1n) is 4.96. The third-order valence-electron chi connectivity index (χ3n) is 2.03. The van der Waals surface area contributed by atoms with Crippen molar-refractivity contribution in [2.24, 2.45) is 0 Å². The van der Waals surface area contributed by atoms with Crippen LogP contribution in [0.15, 0.2) is 6.20 Å². The zero-order chi connectivity index (χ0) is 12.3. The van der Waals surface area contributed by atoms with Gasteiger partial charge in [-0.15, -0.1) is 0 Å². The van der Waals surface area contributed by atoms with Crippen molar-refractivity contribution in [3.8, 4) is 0 Å². The standard InChI is InChI=1S/C10H15N3O3/c1-6(2)12-9(14)5-13-7(3)11-4-8(13)10(15)16/h4,6H,5H2,1-3H3,(H,12,14)(H,15,16). The van der Waals surface area contributed by atoms with E-state index in [4.69, 9.17) is 5.11 Å². The van der Waals surface area contributed by atoms with Crippen LogP contribution in [-0.2, 0) is 11.3 Å². The van der Waals surface area contributed by atoms with Crippen LogP contribution < -0.4 is 5.32 Å². The van der Waals surface area contributed by atoms with Crippen LogP contribution in [0, 0.1) is 6.92 Å². The molecule has 0 saturated heterocycles. The highest BCUT2D eigenvalue weighted by atomic mass is 16.4. The second-order valence-corrected chi connectivity index (χ2v) is 3.80. The van der Waals surface area contributed by atoms with E-state index >= 15 is 0 Å². The van der Waals surface area contributed by atoms with E-state index in [-0.39, 0.29) is 24.2 Å². The van der Waals surface area contributed by atoms with Gasteiger partial charge in [0, 0.05) is 6.04 Å². The number of carbonyl (C=O) groups is 2. The van der Waals surface area contributed by atoms with Crippen LogP contribution in [0.3, 0.4) is 0 Å². The van der Waals surface area contributed by atoms with Crippen molar-refractivity contribution in [3.63, 3.8) is 0 Å². The van der Waals surface area contributed by atoms with Crippen LogP contribution >= 0.6 is 0 Å². The summed E-state index contributed by atoms with van der Waals surface area (Å²) in [6, 6.07) is 0.0320. The number of aromatic nitrogens is 2. The summed E-state index contributed by atoms with van der Waals surface area (Å²) in [5.41, 5.74) is 0.0245. The fourth-order valence-corrected chi connectivity index (χ4v) is 1.35. The van der Waals surface area contributed by atoms with Gasteiger partial charge in [-0.2, -0.15) is 0 Å². The van der Waals surface area contributed by atoms with Gasteiger partial charge in [-0.25, -0.2) is 9.78 Å². The Bertz CT molecular complexity index is 409. The van der Waals surface area contributed by atoms with Crippen LogP contribution in [0.25, 0.3) is 0 Å². The molecule has 2 N–H and O–H groups in total. The second-order valence-electron chi connectivity index (χ2n) is 3.80. The van der Waals surface area contributed by atoms with Crippen LogP contribution in [-0.4, -0.2) is 32.6 Å². The van der Waals surface area contributed by atoms with Crippen molar-refractivity contribution in [3.05, 3.63) is 17.7 Å². The molecule has 0 aliphatic carbocycles. The zero-order valence-electron chi connectivity index (χ0n) is 9.52. The molecule has 88 valence electrons. The maximum absolute atomic E-state index is 11.5. The molecule has 6 heteroatoms. The van der Waals surface area contributed by atoms with Crippen molar-refractivity contribution < 1.29 is 14.7 Å². The molecule has 0 aromatic carbocycles. The van der Waals surface area contributed by atoms with E-state index in [0.29, 0.717) is 5.82 Å². The second kappa shape index (κ2) is 4.78.